The van der Waals surface area contributed by atoms with Crippen molar-refractivity contribution in [2.75, 3.05) is 7.11 Å². The van der Waals surface area contributed by atoms with E-state index in [4.69, 9.17) is 0 Å². The molecule has 0 fully saturated rings. The Labute approximate surface area is 101 Å². The number of ketones is 1. The van der Waals surface area contributed by atoms with Gasteiger partial charge in [0.25, 0.3) is 5.78 Å². The van der Waals surface area contributed by atoms with Crippen LogP contribution < -0.4 is 4.74 Å². The maximum Gasteiger partial charge on any atom is 0.454 e. The zero-order valence-corrected chi connectivity index (χ0v) is 9.12. The van der Waals surface area contributed by atoms with Gasteiger partial charge in [0.15, 0.2) is 11.6 Å². The summed E-state index contributed by atoms with van der Waals surface area (Å²) >= 11 is 0. The molecule has 0 aliphatic heterocycles. The lowest BCUT2D eigenvalue weighted by Gasteiger charge is -2.13. The maximum absolute atomic E-state index is 13.4. The zero-order chi connectivity index (χ0) is 15.0. The van der Waals surface area contributed by atoms with Crippen molar-refractivity contribution in [3.05, 3.63) is 29.1 Å². The summed E-state index contributed by atoms with van der Waals surface area (Å²) in [5.41, 5.74) is -3.35. The molecule has 106 valence electrons. The maximum atomic E-state index is 13.4. The van der Waals surface area contributed by atoms with Gasteiger partial charge in [0, 0.05) is 0 Å². The summed E-state index contributed by atoms with van der Waals surface area (Å²) in [6.07, 6.45) is -10.5. The van der Waals surface area contributed by atoms with E-state index in [2.05, 4.69) is 4.74 Å². The molecule has 1 rings (SSSR count). The molecule has 0 saturated carbocycles. The minimum absolute atomic E-state index is 0.169. The number of carbonyl (C=O) groups is 1. The van der Waals surface area contributed by atoms with Gasteiger partial charge in [-0.25, -0.2) is 4.39 Å². The molecule has 0 unspecified atom stereocenters. The third kappa shape index (κ3) is 3.15. The molecule has 0 amide bonds. The first kappa shape index (κ1) is 15.3. The van der Waals surface area contributed by atoms with Gasteiger partial charge < -0.3 is 4.74 Å². The number of carbonyl (C=O) groups excluding carboxylic acids is 1. The highest BCUT2D eigenvalue weighted by atomic mass is 19.4. The molecule has 0 aliphatic carbocycles. The third-order valence-electron chi connectivity index (χ3n) is 2.09. The van der Waals surface area contributed by atoms with Crippen molar-refractivity contribution in [1.29, 1.82) is 0 Å². The van der Waals surface area contributed by atoms with E-state index in [0.29, 0.717) is 0 Å². The molecular formula is C10H5F7O2. The van der Waals surface area contributed by atoms with Gasteiger partial charge in [-0.15, -0.1) is 0 Å². The number of Topliss-reactive ketones (excluding diaryl/α,β-unsaturated/α-hetero) is 1. The van der Waals surface area contributed by atoms with Crippen LogP contribution in [-0.4, -0.2) is 19.1 Å². The Balaban J connectivity index is 3.51. The molecule has 0 heterocycles. The van der Waals surface area contributed by atoms with E-state index >= 15 is 0 Å². The van der Waals surface area contributed by atoms with Crippen LogP contribution in [0.3, 0.4) is 0 Å². The molecule has 0 bridgehead atoms. The van der Waals surface area contributed by atoms with E-state index in [0.717, 1.165) is 7.11 Å². The van der Waals surface area contributed by atoms with Crippen molar-refractivity contribution in [3.63, 3.8) is 0 Å². The summed E-state index contributed by atoms with van der Waals surface area (Å²) in [4.78, 5) is 10.8. The van der Waals surface area contributed by atoms with Crippen LogP contribution in [0, 0.1) is 5.82 Å². The molecule has 19 heavy (non-hydrogen) atoms. The molecule has 0 atom stereocenters. The Bertz CT molecular complexity index is 502. The highest BCUT2D eigenvalue weighted by molar-refractivity contribution is 6.01. The minimum atomic E-state index is -5.49. The SMILES string of the molecule is COc1cc(C(F)(F)F)cc(C(=O)C(F)(F)F)c1F. The van der Waals surface area contributed by atoms with Gasteiger partial charge in [0.2, 0.25) is 0 Å². The molecule has 0 radical (unpaired) electrons. The third-order valence-corrected chi connectivity index (χ3v) is 2.09. The number of alkyl halides is 6. The van der Waals surface area contributed by atoms with Crippen molar-refractivity contribution >= 4 is 5.78 Å². The average Bonchev–Trinajstić information content (AvgIpc) is 2.25. The standard InChI is InChI=1S/C10H5F7O2/c1-19-6-3-4(9(12,13)14)2-5(7(6)11)8(18)10(15,16)17/h2-3H,1H3. The monoisotopic (exact) mass is 290 g/mol. The molecule has 1 aromatic rings. The second-order valence-corrected chi connectivity index (χ2v) is 3.36. The van der Waals surface area contributed by atoms with Gasteiger partial charge in [-0.05, 0) is 12.1 Å². The summed E-state index contributed by atoms with van der Waals surface area (Å²) in [5.74, 6) is -5.60. The zero-order valence-electron chi connectivity index (χ0n) is 9.12. The molecule has 9 heteroatoms. The summed E-state index contributed by atoms with van der Waals surface area (Å²) < 4.78 is 91.2. The Morgan fingerprint density at radius 1 is 1.11 bits per heavy atom. The second kappa shape index (κ2) is 4.71. The van der Waals surface area contributed by atoms with Gasteiger partial charge in [0.05, 0.1) is 18.2 Å². The predicted octanol–water partition coefficient (Wildman–Crippen LogP) is 3.60. The number of hydrogen-bond donors (Lipinski definition) is 0. The van der Waals surface area contributed by atoms with E-state index in [1.807, 2.05) is 0 Å². The van der Waals surface area contributed by atoms with Crippen LogP contribution in [-0.2, 0) is 6.18 Å². The second-order valence-electron chi connectivity index (χ2n) is 3.36. The first-order chi connectivity index (χ1) is 8.48. The van der Waals surface area contributed by atoms with E-state index in [1.54, 1.807) is 0 Å². The van der Waals surface area contributed by atoms with Crippen molar-refractivity contribution in [1.82, 2.24) is 0 Å². The highest BCUT2D eigenvalue weighted by Gasteiger charge is 2.43. The number of halogens is 7. The average molecular weight is 290 g/mol. The van der Waals surface area contributed by atoms with E-state index < -0.39 is 40.8 Å². The van der Waals surface area contributed by atoms with E-state index in [1.165, 1.54) is 0 Å². The predicted molar refractivity (Wildman–Crippen MR) is 48.3 cm³/mol. The fourth-order valence-electron chi connectivity index (χ4n) is 1.23. The van der Waals surface area contributed by atoms with Gasteiger partial charge in [-0.2, -0.15) is 26.3 Å². The Kier molecular flexibility index (Phi) is 3.78. The summed E-state index contributed by atoms with van der Waals surface area (Å²) in [7, 11) is 0.764. The fraction of sp³-hybridized carbons (Fsp3) is 0.300. The van der Waals surface area contributed by atoms with Gasteiger partial charge >= 0.3 is 12.4 Å². The lowest BCUT2D eigenvalue weighted by molar-refractivity contribution is -0.137. The van der Waals surface area contributed by atoms with Crippen LogP contribution >= 0.6 is 0 Å². The van der Waals surface area contributed by atoms with Crippen LogP contribution in [0.15, 0.2) is 12.1 Å². The quantitative estimate of drug-likeness (QED) is 0.614. The number of hydrogen-bond acceptors (Lipinski definition) is 2. The number of ether oxygens (including phenoxy) is 1. The highest BCUT2D eigenvalue weighted by Crippen LogP contribution is 2.36. The van der Waals surface area contributed by atoms with Gasteiger partial charge in [-0.1, -0.05) is 0 Å². The first-order valence-corrected chi connectivity index (χ1v) is 4.54. The number of methoxy groups -OCH3 is 1. The first-order valence-electron chi connectivity index (χ1n) is 4.54. The molecule has 0 aromatic heterocycles. The van der Waals surface area contributed by atoms with Crippen molar-refractivity contribution in [2.24, 2.45) is 0 Å². The fourth-order valence-corrected chi connectivity index (χ4v) is 1.23. The number of rotatable bonds is 2. The van der Waals surface area contributed by atoms with E-state index in [9.17, 15) is 35.5 Å². The largest absolute Gasteiger partial charge is 0.494 e. The Morgan fingerprint density at radius 3 is 2.00 bits per heavy atom. The lowest BCUT2D eigenvalue weighted by Crippen LogP contribution is -2.24. The van der Waals surface area contributed by atoms with Crippen LogP contribution in [0.25, 0.3) is 0 Å². The molecule has 1 aromatic carbocycles. The summed E-state index contributed by atoms with van der Waals surface area (Å²) in [6, 6.07) is -0.0316. The van der Waals surface area contributed by atoms with Gasteiger partial charge in [-0.3, -0.25) is 4.79 Å². The Hall–Kier alpha value is -1.80. The molecule has 0 saturated heterocycles. The Morgan fingerprint density at radius 2 is 1.63 bits per heavy atom. The molecule has 0 aliphatic rings. The van der Waals surface area contributed by atoms with Gasteiger partial charge in [0.1, 0.15) is 0 Å². The smallest absolute Gasteiger partial charge is 0.454 e. The summed E-state index contributed by atoms with van der Waals surface area (Å²) in [5, 5.41) is 0. The number of benzene rings is 1. The molecule has 0 spiro atoms. The van der Waals surface area contributed by atoms with Crippen molar-refractivity contribution in [2.45, 2.75) is 12.4 Å². The topological polar surface area (TPSA) is 26.3 Å². The minimum Gasteiger partial charge on any atom is -0.494 e. The normalized spacial score (nSPS) is 12.4. The van der Waals surface area contributed by atoms with Crippen LogP contribution in [0.1, 0.15) is 15.9 Å². The van der Waals surface area contributed by atoms with Crippen LogP contribution in [0.4, 0.5) is 30.7 Å². The van der Waals surface area contributed by atoms with E-state index in [-0.39, 0.29) is 12.1 Å². The van der Waals surface area contributed by atoms with Crippen LogP contribution in [0.2, 0.25) is 0 Å². The molecular weight excluding hydrogens is 285 g/mol. The molecule has 2 nitrogen and oxygen atoms in total. The molecule has 0 N–H and O–H groups in total. The summed E-state index contributed by atoms with van der Waals surface area (Å²) in [6.45, 7) is 0. The van der Waals surface area contributed by atoms with Crippen molar-refractivity contribution < 1.29 is 40.3 Å². The van der Waals surface area contributed by atoms with Crippen LogP contribution in [0.5, 0.6) is 5.75 Å². The lowest BCUT2D eigenvalue weighted by atomic mass is 10.0. The van der Waals surface area contributed by atoms with Crippen molar-refractivity contribution in [3.8, 4) is 5.75 Å².